The van der Waals surface area contributed by atoms with Crippen molar-refractivity contribution in [3.63, 3.8) is 0 Å². The SMILES string of the molecule is COC(=O)COCC#CCN1C(=O)CCC[C@@H]1C=CC(=O)Cc1cccc(Cl)c1. The lowest BCUT2D eigenvalue weighted by Crippen LogP contribution is -2.42. The molecule has 1 amide bonds. The van der Waals surface area contributed by atoms with Crippen LogP contribution in [-0.4, -0.2) is 55.5 Å². The lowest BCUT2D eigenvalue weighted by molar-refractivity contribution is -0.145. The van der Waals surface area contributed by atoms with Crippen molar-refractivity contribution in [3.05, 3.63) is 47.0 Å². The van der Waals surface area contributed by atoms with Crippen molar-refractivity contribution in [2.75, 3.05) is 26.9 Å². The fraction of sp³-hybridized carbons (Fsp3) is 0.409. The second kappa shape index (κ2) is 12.1. The van der Waals surface area contributed by atoms with Crippen LogP contribution < -0.4 is 0 Å². The number of benzene rings is 1. The summed E-state index contributed by atoms with van der Waals surface area (Å²) >= 11 is 5.95. The van der Waals surface area contributed by atoms with Crippen molar-refractivity contribution >= 4 is 29.3 Å². The van der Waals surface area contributed by atoms with Gasteiger partial charge in [-0.15, -0.1) is 0 Å². The topological polar surface area (TPSA) is 72.9 Å². The van der Waals surface area contributed by atoms with E-state index in [1.165, 1.54) is 13.2 Å². The van der Waals surface area contributed by atoms with Crippen LogP contribution >= 0.6 is 11.6 Å². The predicted molar refractivity (Wildman–Crippen MR) is 109 cm³/mol. The smallest absolute Gasteiger partial charge is 0.331 e. The molecule has 1 atom stereocenters. The van der Waals surface area contributed by atoms with Crippen LogP contribution in [0.5, 0.6) is 0 Å². The van der Waals surface area contributed by atoms with Gasteiger partial charge in [-0.05, 0) is 36.6 Å². The highest BCUT2D eigenvalue weighted by molar-refractivity contribution is 6.30. The number of carbonyl (C=O) groups excluding carboxylic acids is 3. The maximum atomic E-state index is 12.3. The predicted octanol–water partition coefficient (Wildman–Crippen LogP) is 2.58. The third-order valence-corrected chi connectivity index (χ3v) is 4.61. The molecule has 0 spiro atoms. The Labute approximate surface area is 175 Å². The van der Waals surface area contributed by atoms with Gasteiger partial charge >= 0.3 is 5.97 Å². The van der Waals surface area contributed by atoms with Gasteiger partial charge in [0.1, 0.15) is 13.2 Å². The Morgan fingerprint density at radius 1 is 1.34 bits per heavy atom. The van der Waals surface area contributed by atoms with Crippen LogP contribution in [0.25, 0.3) is 0 Å². The standard InChI is InChI=1S/C22H24ClNO5/c1-28-22(27)16-29-13-3-2-12-24-19(8-5-9-21(24)26)10-11-20(25)15-17-6-4-7-18(23)14-17/h4,6-7,10-11,14,19H,5,8-9,12-13,15-16H2,1H3/t19-/m1/s1. The maximum absolute atomic E-state index is 12.3. The van der Waals surface area contributed by atoms with Crippen molar-refractivity contribution in [3.8, 4) is 11.8 Å². The highest BCUT2D eigenvalue weighted by Gasteiger charge is 2.25. The van der Waals surface area contributed by atoms with Crippen molar-refractivity contribution < 1.29 is 23.9 Å². The molecule has 154 valence electrons. The normalized spacial score (nSPS) is 16.4. The number of esters is 1. The molecule has 0 bridgehead atoms. The molecule has 1 heterocycles. The highest BCUT2D eigenvalue weighted by Crippen LogP contribution is 2.19. The molecular formula is C22H24ClNO5. The van der Waals surface area contributed by atoms with Crippen LogP contribution in [-0.2, 0) is 30.3 Å². The number of likely N-dealkylation sites (tertiary alicyclic amines) is 1. The van der Waals surface area contributed by atoms with E-state index in [4.69, 9.17) is 16.3 Å². The molecule has 1 aliphatic rings. The van der Waals surface area contributed by atoms with Crippen LogP contribution in [0.2, 0.25) is 5.02 Å². The Kier molecular flexibility index (Phi) is 9.42. The Morgan fingerprint density at radius 3 is 2.93 bits per heavy atom. The van der Waals surface area contributed by atoms with Crippen LogP contribution in [0, 0.1) is 11.8 Å². The largest absolute Gasteiger partial charge is 0.467 e. The molecule has 7 heteroatoms. The number of piperidine rings is 1. The maximum Gasteiger partial charge on any atom is 0.331 e. The lowest BCUT2D eigenvalue weighted by atomic mass is 10.00. The first-order valence-corrected chi connectivity index (χ1v) is 9.72. The average molecular weight is 418 g/mol. The van der Waals surface area contributed by atoms with Crippen LogP contribution in [0.15, 0.2) is 36.4 Å². The number of ketones is 1. The average Bonchev–Trinajstić information content (AvgIpc) is 2.70. The zero-order valence-corrected chi connectivity index (χ0v) is 17.1. The summed E-state index contributed by atoms with van der Waals surface area (Å²) in [6.45, 7) is 0.168. The summed E-state index contributed by atoms with van der Waals surface area (Å²) in [6, 6.07) is 7.03. The van der Waals surface area contributed by atoms with Gasteiger partial charge in [-0.2, -0.15) is 0 Å². The summed E-state index contributed by atoms with van der Waals surface area (Å²) in [4.78, 5) is 37.1. The Bertz CT molecular complexity index is 824. The van der Waals surface area contributed by atoms with E-state index in [1.807, 2.05) is 12.1 Å². The first-order chi connectivity index (χ1) is 14.0. The molecule has 6 nitrogen and oxygen atoms in total. The molecule has 1 aromatic carbocycles. The molecule has 0 saturated carbocycles. The number of hydrogen-bond donors (Lipinski definition) is 0. The highest BCUT2D eigenvalue weighted by atomic mass is 35.5. The molecule has 0 radical (unpaired) electrons. The lowest BCUT2D eigenvalue weighted by Gasteiger charge is -2.32. The molecule has 1 fully saturated rings. The van der Waals surface area contributed by atoms with Gasteiger partial charge in [0.15, 0.2) is 5.78 Å². The van der Waals surface area contributed by atoms with E-state index >= 15 is 0 Å². The Morgan fingerprint density at radius 2 is 2.17 bits per heavy atom. The minimum atomic E-state index is -0.467. The molecular weight excluding hydrogens is 394 g/mol. The summed E-state index contributed by atoms with van der Waals surface area (Å²) < 4.78 is 9.52. The second-order valence-corrected chi connectivity index (χ2v) is 6.97. The van der Waals surface area contributed by atoms with E-state index in [2.05, 4.69) is 16.6 Å². The van der Waals surface area contributed by atoms with E-state index in [1.54, 1.807) is 23.1 Å². The summed E-state index contributed by atoms with van der Waals surface area (Å²) in [5, 5.41) is 0.595. The number of hydrogen-bond acceptors (Lipinski definition) is 5. The quantitative estimate of drug-likeness (QED) is 0.281. The molecule has 0 unspecified atom stereocenters. The monoisotopic (exact) mass is 417 g/mol. The summed E-state index contributed by atoms with van der Waals surface area (Å²) in [7, 11) is 1.28. The van der Waals surface area contributed by atoms with Crippen LogP contribution in [0.1, 0.15) is 24.8 Å². The molecule has 1 aliphatic heterocycles. The van der Waals surface area contributed by atoms with Gasteiger partial charge in [-0.25, -0.2) is 4.79 Å². The van der Waals surface area contributed by atoms with Gasteiger partial charge < -0.3 is 14.4 Å². The van der Waals surface area contributed by atoms with Gasteiger partial charge in [0.25, 0.3) is 0 Å². The molecule has 0 aromatic heterocycles. The van der Waals surface area contributed by atoms with Gasteiger partial charge in [0.2, 0.25) is 5.91 Å². The number of methoxy groups -OCH3 is 1. The molecule has 29 heavy (non-hydrogen) atoms. The first kappa shape index (κ1) is 22.7. The number of amides is 1. The third-order valence-electron chi connectivity index (χ3n) is 4.38. The number of halogens is 1. The summed E-state index contributed by atoms with van der Waals surface area (Å²) in [5.74, 6) is 5.16. The van der Waals surface area contributed by atoms with Crippen molar-refractivity contribution in [2.24, 2.45) is 0 Å². The molecule has 1 saturated heterocycles. The van der Waals surface area contributed by atoms with E-state index in [0.29, 0.717) is 11.4 Å². The van der Waals surface area contributed by atoms with Gasteiger partial charge in [0.05, 0.1) is 19.7 Å². The number of nitrogens with zero attached hydrogens (tertiary/aromatic N) is 1. The van der Waals surface area contributed by atoms with Crippen LogP contribution in [0.4, 0.5) is 0 Å². The van der Waals surface area contributed by atoms with Gasteiger partial charge in [0, 0.05) is 17.9 Å². The van der Waals surface area contributed by atoms with Gasteiger partial charge in [-0.3, -0.25) is 9.59 Å². The van der Waals surface area contributed by atoms with Crippen LogP contribution in [0.3, 0.4) is 0 Å². The van der Waals surface area contributed by atoms with Crippen molar-refractivity contribution in [2.45, 2.75) is 31.7 Å². The fourth-order valence-corrected chi connectivity index (χ4v) is 3.13. The van der Waals surface area contributed by atoms with E-state index in [-0.39, 0.29) is 43.9 Å². The van der Waals surface area contributed by atoms with E-state index < -0.39 is 5.97 Å². The number of rotatable bonds is 8. The minimum absolute atomic E-state index is 0.0120. The molecule has 2 rings (SSSR count). The zero-order valence-electron chi connectivity index (χ0n) is 16.4. The van der Waals surface area contributed by atoms with Crippen molar-refractivity contribution in [1.82, 2.24) is 4.90 Å². The Balaban J connectivity index is 1.88. The van der Waals surface area contributed by atoms with E-state index in [0.717, 1.165) is 18.4 Å². The Hall–Kier alpha value is -2.62. The molecule has 1 aromatic rings. The summed E-state index contributed by atoms with van der Waals surface area (Å²) in [6.07, 6.45) is 5.61. The minimum Gasteiger partial charge on any atom is -0.467 e. The first-order valence-electron chi connectivity index (χ1n) is 9.35. The summed E-state index contributed by atoms with van der Waals surface area (Å²) in [5.41, 5.74) is 0.849. The number of carbonyl (C=O) groups is 3. The third kappa shape index (κ3) is 8.10. The zero-order chi connectivity index (χ0) is 21.1. The number of allylic oxidation sites excluding steroid dienone is 1. The van der Waals surface area contributed by atoms with Gasteiger partial charge in [-0.1, -0.05) is 41.7 Å². The second-order valence-electron chi connectivity index (χ2n) is 6.54. The van der Waals surface area contributed by atoms with E-state index in [9.17, 15) is 14.4 Å². The number of ether oxygens (including phenoxy) is 2. The molecule has 0 N–H and O–H groups in total. The fourth-order valence-electron chi connectivity index (χ4n) is 2.91. The molecule has 0 aliphatic carbocycles. The van der Waals surface area contributed by atoms with Crippen molar-refractivity contribution in [1.29, 1.82) is 0 Å².